The van der Waals surface area contributed by atoms with E-state index in [9.17, 15) is 0 Å². The van der Waals surface area contributed by atoms with Crippen molar-refractivity contribution in [1.82, 2.24) is 4.98 Å². The van der Waals surface area contributed by atoms with Crippen molar-refractivity contribution in [1.29, 1.82) is 0 Å². The quantitative estimate of drug-likeness (QED) is 0.345. The lowest BCUT2D eigenvalue weighted by molar-refractivity contribution is 0.308. The fraction of sp³-hybridized carbons (Fsp3) is 0.417. The number of ether oxygens (including phenoxy) is 1. The third kappa shape index (κ3) is 4.78. The standard InChI is InChI=1S/C24H29N3OS/c1-3-6-17-9-11-18(12-10-17)19-13-14-22(28-2)20(15-19)16-25-27-24-26-21-7-4-5-8-23(21)29-24/h4-5,7-8,13-18H,3,6,9-12H2,1-2H3,(H,26,27)/b25-16+. The highest BCUT2D eigenvalue weighted by molar-refractivity contribution is 7.22. The molecule has 0 amide bonds. The Morgan fingerprint density at radius 1 is 1.17 bits per heavy atom. The number of methoxy groups -OCH3 is 1. The summed E-state index contributed by atoms with van der Waals surface area (Å²) in [5.74, 6) is 2.43. The van der Waals surface area contributed by atoms with Gasteiger partial charge in [0.1, 0.15) is 5.75 Å². The van der Waals surface area contributed by atoms with Crippen LogP contribution in [0.3, 0.4) is 0 Å². The Kier molecular flexibility index (Phi) is 6.45. The zero-order valence-electron chi connectivity index (χ0n) is 17.2. The first-order valence-corrected chi connectivity index (χ1v) is 11.4. The number of benzene rings is 2. The minimum absolute atomic E-state index is 0.651. The zero-order valence-corrected chi connectivity index (χ0v) is 18.0. The molecule has 1 aliphatic carbocycles. The predicted molar refractivity (Wildman–Crippen MR) is 123 cm³/mol. The molecule has 1 aromatic heterocycles. The summed E-state index contributed by atoms with van der Waals surface area (Å²) in [4.78, 5) is 4.56. The van der Waals surface area contributed by atoms with Gasteiger partial charge in [-0.2, -0.15) is 5.10 Å². The van der Waals surface area contributed by atoms with Gasteiger partial charge in [0.15, 0.2) is 0 Å². The van der Waals surface area contributed by atoms with Crippen LogP contribution < -0.4 is 10.2 Å². The lowest BCUT2D eigenvalue weighted by Gasteiger charge is -2.29. The van der Waals surface area contributed by atoms with Crippen LogP contribution in [-0.4, -0.2) is 18.3 Å². The van der Waals surface area contributed by atoms with Crippen LogP contribution in [0.1, 0.15) is 62.5 Å². The molecule has 1 aliphatic rings. The average molecular weight is 408 g/mol. The van der Waals surface area contributed by atoms with Gasteiger partial charge in [0.25, 0.3) is 0 Å². The van der Waals surface area contributed by atoms with Gasteiger partial charge in [0.2, 0.25) is 5.13 Å². The summed E-state index contributed by atoms with van der Waals surface area (Å²) in [5.41, 5.74) is 6.48. The summed E-state index contributed by atoms with van der Waals surface area (Å²) in [6.07, 6.45) is 9.82. The number of thiazole rings is 1. The summed E-state index contributed by atoms with van der Waals surface area (Å²) in [6.45, 7) is 2.30. The predicted octanol–water partition coefficient (Wildman–Crippen LogP) is 6.82. The van der Waals surface area contributed by atoms with Gasteiger partial charge in [-0.15, -0.1) is 0 Å². The van der Waals surface area contributed by atoms with E-state index in [1.807, 2.05) is 24.4 Å². The largest absolute Gasteiger partial charge is 0.496 e. The number of hydrogen-bond acceptors (Lipinski definition) is 5. The summed E-state index contributed by atoms with van der Waals surface area (Å²) in [6, 6.07) is 14.7. The normalized spacial score (nSPS) is 19.7. The van der Waals surface area contributed by atoms with Crippen molar-refractivity contribution >= 4 is 32.9 Å². The summed E-state index contributed by atoms with van der Waals surface area (Å²) >= 11 is 1.61. The topological polar surface area (TPSA) is 46.5 Å². The van der Waals surface area contributed by atoms with Gasteiger partial charge in [-0.3, -0.25) is 5.43 Å². The molecule has 152 valence electrons. The molecular formula is C24H29N3OS. The van der Waals surface area contributed by atoms with E-state index in [2.05, 4.69) is 46.7 Å². The van der Waals surface area contributed by atoms with Crippen molar-refractivity contribution < 1.29 is 4.74 Å². The maximum atomic E-state index is 5.56. The van der Waals surface area contributed by atoms with Crippen LogP contribution in [0.2, 0.25) is 0 Å². The lowest BCUT2D eigenvalue weighted by Crippen LogP contribution is -2.13. The van der Waals surface area contributed by atoms with Crippen molar-refractivity contribution in [2.75, 3.05) is 12.5 Å². The molecule has 0 spiro atoms. The summed E-state index contributed by atoms with van der Waals surface area (Å²) < 4.78 is 6.71. The van der Waals surface area contributed by atoms with E-state index >= 15 is 0 Å². The Bertz CT molecular complexity index is 940. The molecule has 2 aromatic carbocycles. The molecule has 0 saturated heterocycles. The molecule has 1 heterocycles. The van der Waals surface area contributed by atoms with Gasteiger partial charge < -0.3 is 4.74 Å². The van der Waals surface area contributed by atoms with Crippen molar-refractivity contribution in [3.63, 3.8) is 0 Å². The molecular weight excluding hydrogens is 378 g/mol. The van der Waals surface area contributed by atoms with Crippen LogP contribution in [-0.2, 0) is 0 Å². The van der Waals surface area contributed by atoms with Crippen molar-refractivity contribution in [2.24, 2.45) is 11.0 Å². The minimum atomic E-state index is 0.651. The van der Waals surface area contributed by atoms with E-state index in [4.69, 9.17) is 4.74 Å². The van der Waals surface area contributed by atoms with E-state index in [0.717, 1.165) is 32.6 Å². The van der Waals surface area contributed by atoms with Crippen molar-refractivity contribution in [2.45, 2.75) is 51.4 Å². The smallest absolute Gasteiger partial charge is 0.204 e. The fourth-order valence-electron chi connectivity index (χ4n) is 4.38. The van der Waals surface area contributed by atoms with Crippen LogP contribution in [0, 0.1) is 5.92 Å². The lowest BCUT2D eigenvalue weighted by atomic mass is 9.77. The number of fused-ring (bicyclic) bond motifs is 1. The molecule has 1 N–H and O–H groups in total. The molecule has 4 rings (SSSR count). The van der Waals surface area contributed by atoms with Crippen LogP contribution in [0.25, 0.3) is 10.2 Å². The molecule has 1 saturated carbocycles. The van der Waals surface area contributed by atoms with Crippen LogP contribution in [0.5, 0.6) is 5.75 Å². The monoisotopic (exact) mass is 407 g/mol. The number of nitrogens with zero attached hydrogens (tertiary/aromatic N) is 2. The average Bonchev–Trinajstić information content (AvgIpc) is 3.17. The second-order valence-corrected chi connectivity index (χ2v) is 8.90. The highest BCUT2D eigenvalue weighted by Crippen LogP contribution is 2.38. The Labute approximate surface area is 177 Å². The number of rotatable bonds is 7. The van der Waals surface area contributed by atoms with E-state index in [0.29, 0.717) is 5.92 Å². The van der Waals surface area contributed by atoms with Crippen molar-refractivity contribution in [3.8, 4) is 5.75 Å². The van der Waals surface area contributed by atoms with Crippen LogP contribution in [0.4, 0.5) is 5.13 Å². The molecule has 3 aromatic rings. The SMILES string of the molecule is CCCC1CCC(c2ccc(OC)c(/C=N/Nc3nc4ccccc4s3)c2)CC1. The van der Waals surface area contributed by atoms with Gasteiger partial charge in [0, 0.05) is 5.56 Å². The zero-order chi connectivity index (χ0) is 20.1. The second-order valence-electron chi connectivity index (χ2n) is 7.86. The van der Waals surface area contributed by atoms with Crippen LogP contribution >= 0.6 is 11.3 Å². The molecule has 0 radical (unpaired) electrons. The molecule has 0 aliphatic heterocycles. The number of nitrogens with one attached hydrogen (secondary N) is 1. The first kappa shape index (κ1) is 19.9. The molecule has 4 nitrogen and oxygen atoms in total. The number of hydrogen-bond donors (Lipinski definition) is 1. The van der Waals surface area contributed by atoms with E-state index in [1.165, 1.54) is 44.1 Å². The molecule has 29 heavy (non-hydrogen) atoms. The number of para-hydroxylation sites is 1. The number of aromatic nitrogens is 1. The third-order valence-corrected chi connectivity index (χ3v) is 6.87. The first-order valence-electron chi connectivity index (χ1n) is 10.6. The van der Waals surface area contributed by atoms with E-state index in [-0.39, 0.29) is 0 Å². The fourth-order valence-corrected chi connectivity index (χ4v) is 5.19. The third-order valence-electron chi connectivity index (χ3n) is 5.93. The van der Waals surface area contributed by atoms with Gasteiger partial charge >= 0.3 is 0 Å². The van der Waals surface area contributed by atoms with Crippen molar-refractivity contribution in [3.05, 3.63) is 53.6 Å². The Morgan fingerprint density at radius 2 is 2.00 bits per heavy atom. The first-order chi connectivity index (χ1) is 14.3. The molecule has 0 atom stereocenters. The van der Waals surface area contributed by atoms with Gasteiger partial charge in [0.05, 0.1) is 23.5 Å². The Balaban J connectivity index is 1.46. The number of hydrazone groups is 1. The summed E-state index contributed by atoms with van der Waals surface area (Å²) in [7, 11) is 1.71. The molecule has 0 unspecified atom stereocenters. The minimum Gasteiger partial charge on any atom is -0.496 e. The maximum absolute atomic E-state index is 5.56. The van der Waals surface area contributed by atoms with Crippen LogP contribution in [0.15, 0.2) is 47.6 Å². The molecule has 5 heteroatoms. The van der Waals surface area contributed by atoms with E-state index < -0.39 is 0 Å². The Hall–Kier alpha value is -2.40. The summed E-state index contributed by atoms with van der Waals surface area (Å²) in [5, 5.41) is 5.23. The molecule has 1 fully saturated rings. The Morgan fingerprint density at radius 3 is 2.76 bits per heavy atom. The highest BCUT2D eigenvalue weighted by Gasteiger charge is 2.22. The second kappa shape index (κ2) is 9.40. The van der Waals surface area contributed by atoms with E-state index in [1.54, 1.807) is 18.4 Å². The van der Waals surface area contributed by atoms with Gasteiger partial charge in [-0.1, -0.05) is 49.3 Å². The number of anilines is 1. The van der Waals surface area contributed by atoms with Gasteiger partial charge in [-0.25, -0.2) is 4.98 Å². The maximum Gasteiger partial charge on any atom is 0.204 e. The molecule has 0 bridgehead atoms. The van der Waals surface area contributed by atoms with Gasteiger partial charge in [-0.05, 0) is 67.3 Å². The highest BCUT2D eigenvalue weighted by atomic mass is 32.1.